The van der Waals surface area contributed by atoms with Crippen molar-refractivity contribution in [3.05, 3.63) is 29.8 Å². The normalized spacial score (nSPS) is 10.3. The molecule has 0 atom stereocenters. The smallest absolute Gasteiger partial charge is 0.0474 e. The van der Waals surface area contributed by atoms with Crippen LogP contribution in [-0.2, 0) is 5.88 Å². The lowest BCUT2D eigenvalue weighted by atomic mass is 10.2. The summed E-state index contributed by atoms with van der Waals surface area (Å²) >= 11 is 5.72. The largest absolute Gasteiger partial charge is 0.385 e. The Bertz CT molecular complexity index is 256. The van der Waals surface area contributed by atoms with E-state index >= 15 is 0 Å². The maximum atomic E-state index is 5.72. The van der Waals surface area contributed by atoms with Crippen LogP contribution < -0.4 is 5.32 Å². The van der Waals surface area contributed by atoms with E-state index in [1.807, 2.05) is 0 Å². The summed E-state index contributed by atoms with van der Waals surface area (Å²) in [6, 6.07) is 8.33. The summed E-state index contributed by atoms with van der Waals surface area (Å²) in [6.07, 6.45) is 5.21. The maximum Gasteiger partial charge on any atom is 0.0474 e. The fourth-order valence-corrected chi connectivity index (χ4v) is 1.67. The fraction of sp³-hybridized carbons (Fsp3) is 0.538. The van der Waals surface area contributed by atoms with E-state index in [0.717, 1.165) is 6.54 Å². The molecule has 0 radical (unpaired) electrons. The van der Waals surface area contributed by atoms with Crippen LogP contribution in [-0.4, -0.2) is 6.54 Å². The van der Waals surface area contributed by atoms with Gasteiger partial charge in [-0.05, 0) is 24.1 Å². The highest BCUT2D eigenvalue weighted by atomic mass is 35.5. The van der Waals surface area contributed by atoms with Gasteiger partial charge in [0.05, 0.1) is 0 Å². The Labute approximate surface area is 97.8 Å². The number of nitrogens with one attached hydrogen (secondary N) is 1. The molecule has 0 amide bonds. The van der Waals surface area contributed by atoms with Crippen molar-refractivity contribution < 1.29 is 0 Å². The van der Waals surface area contributed by atoms with Crippen LogP contribution in [0.25, 0.3) is 0 Å². The van der Waals surface area contributed by atoms with E-state index < -0.39 is 0 Å². The minimum absolute atomic E-state index is 0.594. The molecule has 0 saturated carbocycles. The molecule has 1 rings (SSSR count). The van der Waals surface area contributed by atoms with Crippen molar-refractivity contribution in [1.82, 2.24) is 0 Å². The van der Waals surface area contributed by atoms with Gasteiger partial charge in [-0.15, -0.1) is 11.6 Å². The highest BCUT2D eigenvalue weighted by Gasteiger charge is 1.93. The molecular weight excluding hydrogens is 206 g/mol. The molecule has 1 aromatic rings. The first-order valence-corrected chi connectivity index (χ1v) is 6.29. The minimum Gasteiger partial charge on any atom is -0.385 e. The first-order chi connectivity index (χ1) is 7.36. The zero-order valence-corrected chi connectivity index (χ0v) is 10.2. The molecule has 15 heavy (non-hydrogen) atoms. The van der Waals surface area contributed by atoms with Crippen LogP contribution in [0.2, 0.25) is 0 Å². The van der Waals surface area contributed by atoms with Crippen LogP contribution >= 0.6 is 11.6 Å². The van der Waals surface area contributed by atoms with Crippen LogP contribution in [0.15, 0.2) is 24.3 Å². The van der Waals surface area contributed by atoms with Crippen LogP contribution in [0.5, 0.6) is 0 Å². The van der Waals surface area contributed by atoms with E-state index in [9.17, 15) is 0 Å². The third-order valence-corrected chi connectivity index (χ3v) is 2.78. The SMILES string of the molecule is CCCCCCNc1ccc(CCl)cc1. The summed E-state index contributed by atoms with van der Waals surface area (Å²) in [6.45, 7) is 3.30. The quantitative estimate of drug-likeness (QED) is 0.535. The van der Waals surface area contributed by atoms with Gasteiger partial charge in [0.15, 0.2) is 0 Å². The minimum atomic E-state index is 0.594. The summed E-state index contributed by atoms with van der Waals surface area (Å²) in [5.41, 5.74) is 2.37. The lowest BCUT2D eigenvalue weighted by molar-refractivity contribution is 0.685. The Hall–Kier alpha value is -0.690. The molecule has 0 aliphatic rings. The lowest BCUT2D eigenvalue weighted by Gasteiger charge is -2.06. The first kappa shape index (κ1) is 12.4. The Kier molecular flexibility index (Phi) is 6.26. The van der Waals surface area contributed by atoms with Gasteiger partial charge in [0.2, 0.25) is 0 Å². The highest BCUT2D eigenvalue weighted by Crippen LogP contribution is 2.11. The molecule has 2 heteroatoms. The van der Waals surface area contributed by atoms with Crippen LogP contribution in [0.3, 0.4) is 0 Å². The van der Waals surface area contributed by atoms with Crippen LogP contribution in [0.1, 0.15) is 38.2 Å². The number of benzene rings is 1. The van der Waals surface area contributed by atoms with Gasteiger partial charge in [0, 0.05) is 18.1 Å². The predicted octanol–water partition coefficient (Wildman–Crippen LogP) is 4.42. The fourth-order valence-electron chi connectivity index (χ4n) is 1.50. The lowest BCUT2D eigenvalue weighted by Crippen LogP contribution is -2.01. The number of halogens is 1. The van der Waals surface area contributed by atoms with Crippen molar-refractivity contribution in [2.24, 2.45) is 0 Å². The number of hydrogen-bond acceptors (Lipinski definition) is 1. The molecular formula is C13H20ClN. The van der Waals surface area contributed by atoms with Gasteiger partial charge in [0.25, 0.3) is 0 Å². The van der Waals surface area contributed by atoms with Crippen molar-refractivity contribution in [2.75, 3.05) is 11.9 Å². The van der Waals surface area contributed by atoms with E-state index in [1.54, 1.807) is 0 Å². The topological polar surface area (TPSA) is 12.0 Å². The standard InChI is InChI=1S/C13H20ClN/c1-2-3-4-5-10-15-13-8-6-12(11-14)7-9-13/h6-9,15H,2-5,10-11H2,1H3. The van der Waals surface area contributed by atoms with E-state index in [-0.39, 0.29) is 0 Å². The van der Waals surface area contributed by atoms with E-state index in [4.69, 9.17) is 11.6 Å². The molecule has 0 spiro atoms. The van der Waals surface area contributed by atoms with Gasteiger partial charge >= 0.3 is 0 Å². The molecule has 0 aliphatic carbocycles. The third kappa shape index (κ3) is 5.08. The molecule has 1 N–H and O–H groups in total. The Balaban J connectivity index is 2.20. The third-order valence-electron chi connectivity index (χ3n) is 2.47. The Morgan fingerprint density at radius 3 is 2.40 bits per heavy atom. The summed E-state index contributed by atoms with van der Waals surface area (Å²) in [5.74, 6) is 0.594. The van der Waals surface area contributed by atoms with Gasteiger partial charge in [-0.2, -0.15) is 0 Å². The molecule has 1 nitrogen and oxygen atoms in total. The number of anilines is 1. The van der Waals surface area contributed by atoms with Crippen LogP contribution in [0, 0.1) is 0 Å². The summed E-state index contributed by atoms with van der Waals surface area (Å²) in [5, 5.41) is 3.41. The second kappa shape index (κ2) is 7.58. The zero-order valence-electron chi connectivity index (χ0n) is 9.43. The molecule has 0 unspecified atom stereocenters. The molecule has 0 fully saturated rings. The number of alkyl halides is 1. The van der Waals surface area contributed by atoms with Gasteiger partial charge in [-0.1, -0.05) is 38.3 Å². The molecule has 1 aromatic carbocycles. The van der Waals surface area contributed by atoms with Crippen LogP contribution in [0.4, 0.5) is 5.69 Å². The van der Waals surface area contributed by atoms with Crippen molar-refractivity contribution >= 4 is 17.3 Å². The van der Waals surface area contributed by atoms with Gasteiger partial charge in [-0.25, -0.2) is 0 Å². The molecule has 0 saturated heterocycles. The average molecular weight is 226 g/mol. The molecule has 0 heterocycles. The molecule has 0 aromatic heterocycles. The highest BCUT2D eigenvalue weighted by molar-refractivity contribution is 6.17. The van der Waals surface area contributed by atoms with Gasteiger partial charge in [-0.3, -0.25) is 0 Å². The Morgan fingerprint density at radius 1 is 1.07 bits per heavy atom. The average Bonchev–Trinajstić information content (AvgIpc) is 2.30. The summed E-state index contributed by atoms with van der Waals surface area (Å²) in [7, 11) is 0. The molecule has 0 aliphatic heterocycles. The molecule has 84 valence electrons. The number of unbranched alkanes of at least 4 members (excludes halogenated alkanes) is 3. The Morgan fingerprint density at radius 2 is 1.80 bits per heavy atom. The van der Waals surface area contributed by atoms with E-state index in [1.165, 1.54) is 36.9 Å². The first-order valence-electron chi connectivity index (χ1n) is 5.75. The predicted molar refractivity (Wildman–Crippen MR) is 68.6 cm³/mol. The van der Waals surface area contributed by atoms with Crippen molar-refractivity contribution in [2.45, 2.75) is 38.5 Å². The van der Waals surface area contributed by atoms with Gasteiger partial charge in [0.1, 0.15) is 0 Å². The summed E-state index contributed by atoms with van der Waals surface area (Å²) in [4.78, 5) is 0. The van der Waals surface area contributed by atoms with Crippen molar-refractivity contribution in [3.63, 3.8) is 0 Å². The monoisotopic (exact) mass is 225 g/mol. The maximum absolute atomic E-state index is 5.72. The second-order valence-corrected chi connectivity index (χ2v) is 4.09. The molecule has 0 bridgehead atoms. The van der Waals surface area contributed by atoms with Crippen molar-refractivity contribution in [1.29, 1.82) is 0 Å². The van der Waals surface area contributed by atoms with Gasteiger partial charge < -0.3 is 5.32 Å². The number of hydrogen-bond donors (Lipinski definition) is 1. The summed E-state index contributed by atoms with van der Waals surface area (Å²) < 4.78 is 0. The van der Waals surface area contributed by atoms with E-state index in [2.05, 4.69) is 36.5 Å². The zero-order chi connectivity index (χ0) is 10.9. The van der Waals surface area contributed by atoms with Crippen molar-refractivity contribution in [3.8, 4) is 0 Å². The van der Waals surface area contributed by atoms with E-state index in [0.29, 0.717) is 5.88 Å². The second-order valence-electron chi connectivity index (χ2n) is 3.82. The number of rotatable bonds is 7.